The zero-order chi connectivity index (χ0) is 14.1. The highest BCUT2D eigenvalue weighted by atomic mass is 35.5. The normalized spacial score (nSPS) is 10.3. The summed E-state index contributed by atoms with van der Waals surface area (Å²) in [4.78, 5) is 16.0. The number of nitrogens with zero attached hydrogens (tertiary/aromatic N) is 4. The summed E-state index contributed by atoms with van der Waals surface area (Å²) in [6.07, 6.45) is 2.92. The average molecular weight is 285 g/mol. The molecule has 0 saturated carbocycles. The van der Waals surface area contributed by atoms with E-state index in [1.807, 2.05) is 12.1 Å². The molecule has 6 heteroatoms. The Morgan fingerprint density at radius 1 is 1.35 bits per heavy atom. The molecule has 0 aliphatic rings. The second-order valence-electron chi connectivity index (χ2n) is 4.20. The third-order valence-corrected chi connectivity index (χ3v) is 3.01. The van der Waals surface area contributed by atoms with Gasteiger partial charge in [-0.25, -0.2) is 4.98 Å². The molecule has 2 aromatic heterocycles. The molecule has 98 valence electrons. The molecule has 0 radical (unpaired) electrons. The maximum Gasteiger partial charge on any atom is 0.264 e. The van der Waals surface area contributed by atoms with Crippen LogP contribution >= 0.6 is 11.6 Å². The summed E-state index contributed by atoms with van der Waals surface area (Å²) >= 11 is 5.89. The number of benzene rings is 1. The third kappa shape index (κ3) is 2.17. The molecule has 0 aliphatic carbocycles. The van der Waals surface area contributed by atoms with Gasteiger partial charge in [0.1, 0.15) is 5.39 Å². The first-order chi connectivity index (χ1) is 9.65. The van der Waals surface area contributed by atoms with Crippen molar-refractivity contribution < 1.29 is 0 Å². The number of halogens is 1. The summed E-state index contributed by atoms with van der Waals surface area (Å²) in [6.45, 7) is 0. The van der Waals surface area contributed by atoms with Crippen molar-refractivity contribution in [2.24, 2.45) is 7.05 Å². The van der Waals surface area contributed by atoms with Crippen LogP contribution in [0, 0.1) is 12.0 Å². The summed E-state index contributed by atoms with van der Waals surface area (Å²) in [6, 6.07) is 10.0. The smallest absolute Gasteiger partial charge is 0.264 e. The number of fused-ring (bicyclic) bond motifs is 1. The Morgan fingerprint density at radius 3 is 3.00 bits per heavy atom. The highest BCUT2D eigenvalue weighted by Gasteiger charge is 2.06. The van der Waals surface area contributed by atoms with E-state index >= 15 is 0 Å². The number of hydrogen-bond donors (Lipinski definition) is 0. The van der Waals surface area contributed by atoms with E-state index in [0.29, 0.717) is 16.1 Å². The van der Waals surface area contributed by atoms with E-state index in [4.69, 9.17) is 11.6 Å². The van der Waals surface area contributed by atoms with Gasteiger partial charge in [-0.3, -0.25) is 4.79 Å². The van der Waals surface area contributed by atoms with Gasteiger partial charge in [0.05, 0.1) is 12.5 Å². The number of aromatic nitrogens is 4. The average Bonchev–Trinajstić information content (AvgIpc) is 2.84. The van der Waals surface area contributed by atoms with Crippen LogP contribution in [0.1, 0.15) is 5.56 Å². The van der Waals surface area contributed by atoms with Crippen LogP contribution in [0.2, 0.25) is 5.02 Å². The molecule has 3 aromatic rings. The van der Waals surface area contributed by atoms with Gasteiger partial charge in [-0.2, -0.15) is 9.78 Å². The fourth-order valence-electron chi connectivity index (χ4n) is 1.77. The van der Waals surface area contributed by atoms with Crippen molar-refractivity contribution in [3.05, 3.63) is 57.7 Å². The van der Waals surface area contributed by atoms with Crippen molar-refractivity contribution in [1.82, 2.24) is 19.3 Å². The fourth-order valence-corrected chi connectivity index (χ4v) is 1.96. The zero-order valence-corrected chi connectivity index (χ0v) is 11.3. The Balaban J connectivity index is 2.09. The van der Waals surface area contributed by atoms with Gasteiger partial charge >= 0.3 is 0 Å². The maximum atomic E-state index is 11.9. The Kier molecular flexibility index (Phi) is 3.01. The van der Waals surface area contributed by atoms with Gasteiger partial charge in [-0.05, 0) is 24.1 Å². The number of rotatable bonds is 0. The molecule has 0 aliphatic heterocycles. The summed E-state index contributed by atoms with van der Waals surface area (Å²) in [7, 11) is 1.64. The van der Waals surface area contributed by atoms with Crippen LogP contribution in [0.15, 0.2) is 41.6 Å². The summed E-state index contributed by atoms with van der Waals surface area (Å²) < 4.78 is 2.79. The van der Waals surface area contributed by atoms with Crippen molar-refractivity contribution >= 4 is 22.6 Å². The first-order valence-corrected chi connectivity index (χ1v) is 6.20. The molecule has 0 spiro atoms. The zero-order valence-electron chi connectivity index (χ0n) is 10.5. The quantitative estimate of drug-likeness (QED) is 0.590. The fraction of sp³-hybridized carbons (Fsp3) is 0.0714. The topological polar surface area (TPSA) is 52.7 Å². The van der Waals surface area contributed by atoms with Gasteiger partial charge in [-0.15, -0.1) is 0 Å². The standard InChI is InChI=1S/C14H9ClN4O/c1-18-9-16-13-12(14(18)20)8-17-19(13)6-5-10-3-2-4-11(15)7-10/h2-4,7-9H,1H3. The van der Waals surface area contributed by atoms with Gasteiger partial charge in [0, 0.05) is 23.7 Å². The molecular weight excluding hydrogens is 276 g/mol. The molecule has 0 fully saturated rings. The van der Waals surface area contributed by atoms with Crippen LogP contribution < -0.4 is 5.56 Å². The first-order valence-electron chi connectivity index (χ1n) is 5.82. The molecule has 0 amide bonds. The van der Waals surface area contributed by atoms with E-state index in [9.17, 15) is 4.79 Å². The molecule has 3 rings (SSSR count). The van der Waals surface area contributed by atoms with E-state index in [0.717, 1.165) is 5.56 Å². The maximum absolute atomic E-state index is 11.9. The van der Waals surface area contributed by atoms with Gasteiger partial charge in [-0.1, -0.05) is 17.7 Å². The van der Waals surface area contributed by atoms with Crippen molar-refractivity contribution in [3.63, 3.8) is 0 Å². The monoisotopic (exact) mass is 284 g/mol. The summed E-state index contributed by atoms with van der Waals surface area (Å²) in [5.41, 5.74) is 1.07. The Labute approximate surface area is 119 Å². The molecule has 1 aromatic carbocycles. The highest BCUT2D eigenvalue weighted by molar-refractivity contribution is 6.30. The first kappa shape index (κ1) is 12.5. The van der Waals surface area contributed by atoms with Gasteiger partial charge in [0.25, 0.3) is 5.56 Å². The Hall–Kier alpha value is -2.58. The minimum atomic E-state index is -0.147. The second-order valence-corrected chi connectivity index (χ2v) is 4.64. The summed E-state index contributed by atoms with van der Waals surface area (Å²) in [5.74, 6) is 2.93. The SMILES string of the molecule is Cn1cnc2c(cnn2C#Cc2cccc(Cl)c2)c1=O. The lowest BCUT2D eigenvalue weighted by Crippen LogP contribution is -2.16. The molecule has 2 heterocycles. The lowest BCUT2D eigenvalue weighted by molar-refractivity contribution is 0.835. The second kappa shape index (κ2) is 4.83. The molecule has 0 saturated heterocycles. The Morgan fingerprint density at radius 2 is 2.20 bits per heavy atom. The predicted molar refractivity (Wildman–Crippen MR) is 76.5 cm³/mol. The van der Waals surface area contributed by atoms with Gasteiger partial charge in [0.15, 0.2) is 5.65 Å². The molecule has 0 unspecified atom stereocenters. The lowest BCUT2D eigenvalue weighted by atomic mass is 10.2. The molecule has 0 bridgehead atoms. The lowest BCUT2D eigenvalue weighted by Gasteiger charge is -1.95. The van der Waals surface area contributed by atoms with Crippen LogP contribution in [0.5, 0.6) is 0 Å². The van der Waals surface area contributed by atoms with Crippen LogP contribution in [0.25, 0.3) is 11.0 Å². The largest absolute Gasteiger partial charge is 0.302 e. The molecule has 0 atom stereocenters. The third-order valence-electron chi connectivity index (χ3n) is 2.78. The summed E-state index contributed by atoms with van der Waals surface area (Å²) in [5, 5.41) is 5.13. The van der Waals surface area contributed by atoms with E-state index in [-0.39, 0.29) is 5.56 Å². The van der Waals surface area contributed by atoms with E-state index in [2.05, 4.69) is 22.0 Å². The van der Waals surface area contributed by atoms with E-state index in [1.165, 1.54) is 21.8 Å². The van der Waals surface area contributed by atoms with Crippen molar-refractivity contribution in [3.8, 4) is 12.0 Å². The van der Waals surface area contributed by atoms with Crippen molar-refractivity contribution in [2.45, 2.75) is 0 Å². The number of aryl methyl sites for hydroxylation is 1. The predicted octanol–water partition coefficient (Wildman–Crippen LogP) is 1.64. The molecule has 20 heavy (non-hydrogen) atoms. The Bertz CT molecular complexity index is 914. The van der Waals surface area contributed by atoms with Gasteiger partial charge < -0.3 is 4.57 Å². The number of hydrogen-bond acceptors (Lipinski definition) is 3. The molecule has 0 N–H and O–H groups in total. The van der Waals surface area contributed by atoms with Crippen LogP contribution in [-0.2, 0) is 7.05 Å². The van der Waals surface area contributed by atoms with E-state index in [1.54, 1.807) is 19.2 Å². The van der Waals surface area contributed by atoms with Crippen LogP contribution in [-0.4, -0.2) is 19.3 Å². The van der Waals surface area contributed by atoms with Crippen LogP contribution in [0.3, 0.4) is 0 Å². The van der Waals surface area contributed by atoms with Gasteiger partial charge in [0.2, 0.25) is 0 Å². The van der Waals surface area contributed by atoms with Crippen molar-refractivity contribution in [2.75, 3.05) is 0 Å². The van der Waals surface area contributed by atoms with Crippen molar-refractivity contribution in [1.29, 1.82) is 0 Å². The highest BCUT2D eigenvalue weighted by Crippen LogP contribution is 2.09. The molecular formula is C14H9ClN4O. The minimum absolute atomic E-state index is 0.147. The molecule has 5 nitrogen and oxygen atoms in total. The van der Waals surface area contributed by atoms with Crippen LogP contribution in [0.4, 0.5) is 0 Å². The minimum Gasteiger partial charge on any atom is -0.302 e. The van der Waals surface area contributed by atoms with E-state index < -0.39 is 0 Å².